The summed E-state index contributed by atoms with van der Waals surface area (Å²) in [7, 11) is 0. The molecule has 108 valence electrons. The van der Waals surface area contributed by atoms with Crippen LogP contribution in [0.25, 0.3) is 0 Å². The Morgan fingerprint density at radius 1 is 1.37 bits per heavy atom. The minimum absolute atomic E-state index is 0.0108. The van der Waals surface area contributed by atoms with Crippen LogP contribution in [0.3, 0.4) is 0 Å². The Kier molecular flexibility index (Phi) is 4.98. The molecule has 3 nitrogen and oxygen atoms in total. The summed E-state index contributed by atoms with van der Waals surface area (Å²) in [5, 5.41) is 14.0. The molecule has 1 aromatic heterocycles. The standard InChI is InChI=1S/C15H26N2OS/c1-4-17(5-2)15(8-6-7-9-15)13(18)10-14-16-12(3)11-19-14/h11,13,18H,4-10H2,1-3H3. The number of aliphatic hydroxyl groups excluding tert-OH is 1. The fraction of sp³-hybridized carbons (Fsp3) is 0.800. The molecule has 0 amide bonds. The molecule has 19 heavy (non-hydrogen) atoms. The van der Waals surface area contributed by atoms with E-state index in [0.29, 0.717) is 6.42 Å². The molecule has 0 bridgehead atoms. The van der Waals surface area contributed by atoms with Crippen LogP contribution in [0.2, 0.25) is 0 Å². The lowest BCUT2D eigenvalue weighted by atomic mass is 9.86. The summed E-state index contributed by atoms with van der Waals surface area (Å²) in [4.78, 5) is 6.97. The first-order valence-corrected chi connectivity index (χ1v) is 8.34. The minimum atomic E-state index is -0.291. The molecule has 1 unspecified atom stereocenters. The molecule has 0 spiro atoms. The molecular weight excluding hydrogens is 256 g/mol. The van der Waals surface area contributed by atoms with Crippen LogP contribution in [0.15, 0.2) is 5.38 Å². The van der Waals surface area contributed by atoms with Gasteiger partial charge >= 0.3 is 0 Å². The average molecular weight is 282 g/mol. The van der Waals surface area contributed by atoms with Gasteiger partial charge in [0.15, 0.2) is 0 Å². The van der Waals surface area contributed by atoms with Crippen LogP contribution in [-0.4, -0.2) is 39.7 Å². The molecule has 0 radical (unpaired) electrons. The lowest BCUT2D eigenvalue weighted by molar-refractivity contribution is -0.0244. The number of thiazole rings is 1. The van der Waals surface area contributed by atoms with Gasteiger partial charge in [-0.05, 0) is 32.9 Å². The monoisotopic (exact) mass is 282 g/mol. The largest absolute Gasteiger partial charge is 0.391 e. The Bertz CT molecular complexity index is 395. The van der Waals surface area contributed by atoms with E-state index in [1.807, 2.05) is 6.92 Å². The van der Waals surface area contributed by atoms with Crippen LogP contribution in [-0.2, 0) is 6.42 Å². The summed E-state index contributed by atoms with van der Waals surface area (Å²) < 4.78 is 0. The number of hydrogen-bond donors (Lipinski definition) is 1. The summed E-state index contributed by atoms with van der Waals surface area (Å²) >= 11 is 1.67. The van der Waals surface area contributed by atoms with Crippen molar-refractivity contribution in [1.29, 1.82) is 0 Å². The molecule has 0 saturated heterocycles. The van der Waals surface area contributed by atoms with Gasteiger partial charge in [-0.25, -0.2) is 4.98 Å². The Labute approximate surface area is 120 Å². The van der Waals surface area contributed by atoms with Crippen LogP contribution in [0, 0.1) is 6.92 Å². The van der Waals surface area contributed by atoms with Gasteiger partial charge in [-0.1, -0.05) is 26.7 Å². The third kappa shape index (κ3) is 3.01. The van der Waals surface area contributed by atoms with E-state index in [4.69, 9.17) is 0 Å². The SMILES string of the molecule is CCN(CC)C1(C(O)Cc2nc(C)cs2)CCCC1. The Morgan fingerprint density at radius 2 is 2.00 bits per heavy atom. The highest BCUT2D eigenvalue weighted by molar-refractivity contribution is 7.09. The zero-order valence-electron chi connectivity index (χ0n) is 12.4. The number of hydrogen-bond acceptors (Lipinski definition) is 4. The Morgan fingerprint density at radius 3 is 2.47 bits per heavy atom. The summed E-state index contributed by atoms with van der Waals surface area (Å²) in [6, 6.07) is 0. The van der Waals surface area contributed by atoms with Crippen LogP contribution in [0.4, 0.5) is 0 Å². The predicted molar refractivity (Wildman–Crippen MR) is 80.7 cm³/mol. The maximum Gasteiger partial charge on any atom is 0.0954 e. The van der Waals surface area contributed by atoms with Gasteiger partial charge in [-0.15, -0.1) is 11.3 Å². The Hall–Kier alpha value is -0.450. The van der Waals surface area contributed by atoms with Crippen LogP contribution >= 0.6 is 11.3 Å². The number of aromatic nitrogens is 1. The topological polar surface area (TPSA) is 36.4 Å². The van der Waals surface area contributed by atoms with Crippen molar-refractivity contribution in [2.24, 2.45) is 0 Å². The molecule has 0 aromatic carbocycles. The molecule has 1 N–H and O–H groups in total. The van der Waals surface area contributed by atoms with Gasteiger partial charge in [0.25, 0.3) is 0 Å². The normalized spacial score (nSPS) is 20.1. The van der Waals surface area contributed by atoms with Gasteiger partial charge in [-0.2, -0.15) is 0 Å². The van der Waals surface area contributed by atoms with Crippen molar-refractivity contribution in [2.75, 3.05) is 13.1 Å². The molecule has 1 atom stereocenters. The van der Waals surface area contributed by atoms with Crippen molar-refractivity contribution in [2.45, 2.75) is 64.5 Å². The second kappa shape index (κ2) is 6.33. The molecule has 2 rings (SSSR count). The summed E-state index contributed by atoms with van der Waals surface area (Å²) in [6.07, 6.45) is 5.14. The van der Waals surface area contributed by atoms with E-state index in [2.05, 4.69) is 29.1 Å². The molecule has 1 aromatic rings. The molecule has 1 fully saturated rings. The van der Waals surface area contributed by atoms with Gasteiger partial charge < -0.3 is 5.11 Å². The molecule has 1 heterocycles. The fourth-order valence-corrected chi connectivity index (χ4v) is 4.36. The van der Waals surface area contributed by atoms with Crippen molar-refractivity contribution < 1.29 is 5.11 Å². The molecule has 0 aliphatic heterocycles. The van der Waals surface area contributed by atoms with E-state index < -0.39 is 0 Å². The lowest BCUT2D eigenvalue weighted by Gasteiger charge is -2.43. The van der Waals surface area contributed by atoms with Crippen LogP contribution in [0.5, 0.6) is 0 Å². The Balaban J connectivity index is 2.14. The highest BCUT2D eigenvalue weighted by atomic mass is 32.1. The smallest absolute Gasteiger partial charge is 0.0954 e. The van der Waals surface area contributed by atoms with Crippen molar-refractivity contribution in [3.8, 4) is 0 Å². The molecule has 4 heteroatoms. The van der Waals surface area contributed by atoms with Gasteiger partial charge in [0.1, 0.15) is 0 Å². The van der Waals surface area contributed by atoms with E-state index in [1.165, 1.54) is 12.8 Å². The molecule has 1 saturated carbocycles. The quantitative estimate of drug-likeness (QED) is 0.871. The van der Waals surface area contributed by atoms with Gasteiger partial charge in [0.2, 0.25) is 0 Å². The molecule has 1 aliphatic rings. The average Bonchev–Trinajstić information content (AvgIpc) is 3.01. The summed E-state index contributed by atoms with van der Waals surface area (Å²) in [5.74, 6) is 0. The van der Waals surface area contributed by atoms with E-state index in [9.17, 15) is 5.11 Å². The van der Waals surface area contributed by atoms with E-state index in [0.717, 1.165) is 36.6 Å². The second-order valence-electron chi connectivity index (χ2n) is 5.59. The van der Waals surface area contributed by atoms with Crippen molar-refractivity contribution in [3.63, 3.8) is 0 Å². The van der Waals surface area contributed by atoms with Crippen molar-refractivity contribution in [1.82, 2.24) is 9.88 Å². The van der Waals surface area contributed by atoms with Gasteiger partial charge in [-0.3, -0.25) is 4.90 Å². The van der Waals surface area contributed by atoms with Crippen LogP contribution in [0.1, 0.15) is 50.2 Å². The number of rotatable bonds is 6. The number of aryl methyl sites for hydroxylation is 1. The zero-order chi connectivity index (χ0) is 13.9. The summed E-state index contributed by atoms with van der Waals surface area (Å²) in [6.45, 7) is 8.45. The molecule has 1 aliphatic carbocycles. The minimum Gasteiger partial charge on any atom is -0.391 e. The maximum absolute atomic E-state index is 10.8. The first-order chi connectivity index (χ1) is 9.12. The maximum atomic E-state index is 10.8. The third-order valence-electron chi connectivity index (χ3n) is 4.52. The molecular formula is C15H26N2OS. The first-order valence-electron chi connectivity index (χ1n) is 7.46. The lowest BCUT2D eigenvalue weighted by Crippen LogP contribution is -2.55. The number of nitrogens with zero attached hydrogens (tertiary/aromatic N) is 2. The van der Waals surface area contributed by atoms with Crippen molar-refractivity contribution in [3.05, 3.63) is 16.1 Å². The second-order valence-corrected chi connectivity index (χ2v) is 6.53. The number of likely N-dealkylation sites (N-methyl/N-ethyl adjacent to an activating group) is 1. The summed E-state index contributed by atoms with van der Waals surface area (Å²) in [5.41, 5.74) is 1.05. The van der Waals surface area contributed by atoms with E-state index >= 15 is 0 Å². The van der Waals surface area contributed by atoms with E-state index in [1.54, 1.807) is 11.3 Å². The van der Waals surface area contributed by atoms with Gasteiger partial charge in [0, 0.05) is 23.0 Å². The predicted octanol–water partition coefficient (Wildman–Crippen LogP) is 3.01. The highest BCUT2D eigenvalue weighted by Gasteiger charge is 2.44. The third-order valence-corrected chi connectivity index (χ3v) is 5.51. The fourth-order valence-electron chi connectivity index (χ4n) is 3.55. The van der Waals surface area contributed by atoms with Crippen LogP contribution < -0.4 is 0 Å². The number of aliphatic hydroxyl groups is 1. The first kappa shape index (κ1) is 14.9. The highest BCUT2D eigenvalue weighted by Crippen LogP contribution is 2.39. The van der Waals surface area contributed by atoms with E-state index in [-0.39, 0.29) is 11.6 Å². The van der Waals surface area contributed by atoms with Crippen molar-refractivity contribution >= 4 is 11.3 Å². The van der Waals surface area contributed by atoms with Gasteiger partial charge in [0.05, 0.1) is 11.1 Å². The zero-order valence-corrected chi connectivity index (χ0v) is 13.2.